The van der Waals surface area contributed by atoms with Crippen LogP contribution >= 0.6 is 0 Å². The highest BCUT2D eigenvalue weighted by molar-refractivity contribution is 7.91. The van der Waals surface area contributed by atoms with Crippen molar-refractivity contribution in [3.05, 3.63) is 85.0 Å². The fourth-order valence-electron chi connectivity index (χ4n) is 7.64. The average molecular weight is 495 g/mol. The molecule has 178 valence electrons. The number of rotatable bonds is 8. The SMILES string of the molecule is O=S(=O)(CCC1[C@H]2C=C[C@H]3C(CCS(=O)(=O)c4ccccc4)[C@@H]4C=C[C@H]1C4C23)c1ccccc1. The molecule has 0 heterocycles. The van der Waals surface area contributed by atoms with Crippen molar-refractivity contribution in [3.63, 3.8) is 0 Å². The summed E-state index contributed by atoms with van der Waals surface area (Å²) in [5, 5.41) is 0. The Balaban J connectivity index is 1.16. The second-order valence-electron chi connectivity index (χ2n) is 10.4. The van der Waals surface area contributed by atoms with Crippen LogP contribution in [0, 0.1) is 47.3 Å². The van der Waals surface area contributed by atoms with E-state index in [-0.39, 0.29) is 11.5 Å². The molecule has 2 aromatic rings. The fraction of sp³-hybridized carbons (Fsp3) is 0.429. The van der Waals surface area contributed by atoms with Crippen LogP contribution in [0.1, 0.15) is 12.8 Å². The van der Waals surface area contributed by atoms with Crippen LogP contribution in [0.2, 0.25) is 0 Å². The van der Waals surface area contributed by atoms with Crippen molar-refractivity contribution in [2.75, 3.05) is 11.5 Å². The van der Waals surface area contributed by atoms with Gasteiger partial charge in [0, 0.05) is 0 Å². The molecule has 0 aliphatic heterocycles. The lowest BCUT2D eigenvalue weighted by molar-refractivity contribution is 0.284. The Morgan fingerprint density at radius 1 is 0.500 bits per heavy atom. The average Bonchev–Trinajstić information content (AvgIpc) is 3.58. The summed E-state index contributed by atoms with van der Waals surface area (Å²) in [6.07, 6.45) is 10.7. The van der Waals surface area contributed by atoms with E-state index >= 15 is 0 Å². The number of benzene rings is 2. The van der Waals surface area contributed by atoms with Gasteiger partial charge in [-0.15, -0.1) is 0 Å². The predicted octanol–water partition coefficient (Wildman–Crippen LogP) is 4.81. The summed E-state index contributed by atoms with van der Waals surface area (Å²) >= 11 is 0. The molecule has 6 rings (SSSR count). The first-order valence-corrected chi connectivity index (χ1v) is 15.6. The minimum Gasteiger partial charge on any atom is -0.224 e. The van der Waals surface area contributed by atoms with Gasteiger partial charge in [0.2, 0.25) is 0 Å². The summed E-state index contributed by atoms with van der Waals surface area (Å²) < 4.78 is 51.6. The molecule has 4 nitrogen and oxygen atoms in total. The van der Waals surface area contributed by atoms with E-state index in [1.54, 1.807) is 48.5 Å². The van der Waals surface area contributed by atoms with Crippen molar-refractivity contribution in [1.82, 2.24) is 0 Å². The Morgan fingerprint density at radius 2 is 0.824 bits per heavy atom. The molecule has 0 amide bonds. The van der Waals surface area contributed by atoms with Gasteiger partial charge in [-0.1, -0.05) is 60.7 Å². The second-order valence-corrected chi connectivity index (χ2v) is 14.6. The van der Waals surface area contributed by atoms with Crippen molar-refractivity contribution >= 4 is 19.7 Å². The zero-order valence-corrected chi connectivity index (χ0v) is 20.6. The molecule has 0 N–H and O–H groups in total. The lowest BCUT2D eigenvalue weighted by atomic mass is 9.81. The van der Waals surface area contributed by atoms with Gasteiger partial charge in [0.05, 0.1) is 21.3 Å². The van der Waals surface area contributed by atoms with Crippen LogP contribution in [0.15, 0.2) is 94.8 Å². The van der Waals surface area contributed by atoms with E-state index in [0.717, 1.165) is 0 Å². The van der Waals surface area contributed by atoms with Crippen LogP contribution < -0.4 is 0 Å². The number of hydrogen-bond donors (Lipinski definition) is 0. The molecule has 2 aromatic carbocycles. The molecule has 6 heteroatoms. The first kappa shape index (κ1) is 22.3. The first-order chi connectivity index (χ1) is 16.4. The molecular formula is C28H30O4S2. The molecule has 6 atom stereocenters. The minimum absolute atomic E-state index is 0.184. The van der Waals surface area contributed by atoms with Crippen molar-refractivity contribution in [2.45, 2.75) is 22.6 Å². The summed E-state index contributed by atoms with van der Waals surface area (Å²) in [6, 6.07) is 17.5. The van der Waals surface area contributed by atoms with Gasteiger partial charge in [-0.3, -0.25) is 0 Å². The largest absolute Gasteiger partial charge is 0.224 e. The molecule has 4 aliphatic carbocycles. The Morgan fingerprint density at radius 3 is 1.15 bits per heavy atom. The third kappa shape index (κ3) is 3.53. The van der Waals surface area contributed by atoms with Crippen molar-refractivity contribution in [2.24, 2.45) is 47.3 Å². The highest BCUT2D eigenvalue weighted by atomic mass is 32.2. The molecular weight excluding hydrogens is 464 g/mol. The van der Waals surface area contributed by atoms with E-state index < -0.39 is 19.7 Å². The van der Waals surface area contributed by atoms with Gasteiger partial charge in [0.15, 0.2) is 19.7 Å². The molecule has 2 fully saturated rings. The molecule has 0 aromatic heterocycles. The summed E-state index contributed by atoms with van der Waals surface area (Å²) in [6.45, 7) is 0. The molecule has 0 spiro atoms. The van der Waals surface area contributed by atoms with E-state index in [0.29, 0.717) is 70.0 Å². The molecule has 2 unspecified atom stereocenters. The maximum atomic E-state index is 12.9. The van der Waals surface area contributed by atoms with Gasteiger partial charge in [0.1, 0.15) is 0 Å². The van der Waals surface area contributed by atoms with Gasteiger partial charge in [-0.2, -0.15) is 0 Å². The predicted molar refractivity (Wildman–Crippen MR) is 132 cm³/mol. The van der Waals surface area contributed by atoms with E-state index in [1.807, 2.05) is 12.1 Å². The summed E-state index contributed by atoms with van der Waals surface area (Å²) in [5.74, 6) is 3.77. The van der Waals surface area contributed by atoms with Gasteiger partial charge >= 0.3 is 0 Å². The standard InChI is InChI=1S/C28H30O4S2/c29-33(30,19-7-3-1-4-8-19)17-15-21-23-11-13-25-22(26-14-12-24(21)28(26)27(23)25)16-18-34(31,32)20-9-5-2-6-10-20/h1-14,21-28H,15-18H2/t21?,22?,23-,24-,25+,26+,27?,28?. The molecule has 34 heavy (non-hydrogen) atoms. The summed E-state index contributed by atoms with van der Waals surface area (Å²) in [7, 11) is -6.57. The maximum Gasteiger partial charge on any atom is 0.178 e. The lowest BCUT2D eigenvalue weighted by Gasteiger charge is -2.25. The molecule has 0 saturated heterocycles. The Labute approximate surface area is 202 Å². The zero-order valence-electron chi connectivity index (χ0n) is 19.0. The molecule has 0 radical (unpaired) electrons. The van der Waals surface area contributed by atoms with Crippen LogP contribution in [0.3, 0.4) is 0 Å². The Kier molecular flexibility index (Phi) is 5.38. The quantitative estimate of drug-likeness (QED) is 0.494. The number of sulfone groups is 2. The summed E-state index contributed by atoms with van der Waals surface area (Å²) in [5.41, 5.74) is 0. The van der Waals surface area contributed by atoms with Crippen LogP contribution in [0.4, 0.5) is 0 Å². The number of allylic oxidation sites excluding steroid dienone is 4. The van der Waals surface area contributed by atoms with Gasteiger partial charge in [0.25, 0.3) is 0 Å². The first-order valence-electron chi connectivity index (χ1n) is 12.3. The highest BCUT2D eigenvalue weighted by Crippen LogP contribution is 2.68. The number of hydrogen-bond acceptors (Lipinski definition) is 4. The van der Waals surface area contributed by atoms with Crippen molar-refractivity contribution in [3.8, 4) is 0 Å². The van der Waals surface area contributed by atoms with Crippen LogP contribution in [0.25, 0.3) is 0 Å². The Bertz CT molecular complexity index is 1200. The summed E-state index contributed by atoms with van der Waals surface area (Å²) in [4.78, 5) is 0.820. The highest BCUT2D eigenvalue weighted by Gasteiger charge is 2.63. The fourth-order valence-corrected chi connectivity index (χ4v) is 10.4. The van der Waals surface area contributed by atoms with E-state index in [2.05, 4.69) is 24.3 Å². The maximum absolute atomic E-state index is 12.9. The molecule has 4 aliphatic rings. The third-order valence-electron chi connectivity index (χ3n) is 8.96. The normalized spacial score (nSPS) is 35.2. The van der Waals surface area contributed by atoms with Crippen molar-refractivity contribution < 1.29 is 16.8 Å². The van der Waals surface area contributed by atoms with Gasteiger partial charge in [-0.25, -0.2) is 16.8 Å². The van der Waals surface area contributed by atoms with Crippen molar-refractivity contribution in [1.29, 1.82) is 0 Å². The Hall–Kier alpha value is -2.18. The van der Waals surface area contributed by atoms with Crippen LogP contribution in [-0.2, 0) is 19.7 Å². The van der Waals surface area contributed by atoms with Crippen LogP contribution in [0.5, 0.6) is 0 Å². The topological polar surface area (TPSA) is 68.3 Å². The monoisotopic (exact) mass is 494 g/mol. The minimum atomic E-state index is -3.28. The molecule has 0 bridgehead atoms. The van der Waals surface area contributed by atoms with Gasteiger partial charge < -0.3 is 0 Å². The van der Waals surface area contributed by atoms with E-state index in [1.165, 1.54) is 0 Å². The van der Waals surface area contributed by atoms with E-state index in [4.69, 9.17) is 0 Å². The zero-order chi connectivity index (χ0) is 23.5. The van der Waals surface area contributed by atoms with E-state index in [9.17, 15) is 16.8 Å². The van der Waals surface area contributed by atoms with Gasteiger partial charge in [-0.05, 0) is 84.5 Å². The lowest BCUT2D eigenvalue weighted by Crippen LogP contribution is -2.23. The third-order valence-corrected chi connectivity index (χ3v) is 12.5. The van der Waals surface area contributed by atoms with Crippen LogP contribution in [-0.4, -0.2) is 28.3 Å². The second kappa shape index (κ2) is 8.20. The molecule has 2 saturated carbocycles. The smallest absolute Gasteiger partial charge is 0.178 e.